The third-order valence-electron chi connectivity index (χ3n) is 17.9. The molecule has 0 radical (unpaired) electrons. The molecule has 87 heavy (non-hydrogen) atoms. The molecule has 0 bridgehead atoms. The van der Waals surface area contributed by atoms with E-state index in [4.69, 9.17) is 13.8 Å². The van der Waals surface area contributed by atoms with Crippen molar-refractivity contribution in [3.8, 4) is 0 Å². The van der Waals surface area contributed by atoms with E-state index in [0.29, 0.717) is 23.9 Å². The molecule has 0 aromatic rings. The van der Waals surface area contributed by atoms with Crippen molar-refractivity contribution >= 4 is 19.7 Å². The van der Waals surface area contributed by atoms with Gasteiger partial charge < -0.3 is 19.4 Å². The SMILES string of the molecule is CCCCCCCC/C=C/CCCCCCCCCCCCCCCC(=O)OC(/C=C/CCCCCCCCCCC)C(COP(=O)(O)OCC[N+](C)(C)C)NC(=O)CCCCCCCCCCCCCCCCCCCCCCCCCCCCC. The zero-order chi connectivity index (χ0) is 63.5. The Labute approximate surface area is 543 Å². The molecule has 10 heteroatoms. The van der Waals surface area contributed by atoms with Crippen LogP contribution in [-0.2, 0) is 27.9 Å². The molecule has 0 fully saturated rings. The van der Waals surface area contributed by atoms with Crippen LogP contribution in [0.1, 0.15) is 406 Å². The fraction of sp³-hybridized carbons (Fsp3) is 0.922. The Morgan fingerprint density at radius 3 is 0.977 bits per heavy atom. The Hall–Kier alpha value is -1.51. The van der Waals surface area contributed by atoms with E-state index >= 15 is 0 Å². The van der Waals surface area contributed by atoms with Gasteiger partial charge in [0.2, 0.25) is 5.91 Å². The van der Waals surface area contributed by atoms with Crippen LogP contribution in [0.25, 0.3) is 0 Å². The molecule has 2 N–H and O–H groups in total. The molecule has 0 aromatic heterocycles. The van der Waals surface area contributed by atoms with Crippen molar-refractivity contribution < 1.29 is 37.3 Å². The lowest BCUT2D eigenvalue weighted by atomic mass is 10.0. The number of phosphoric ester groups is 1. The summed E-state index contributed by atoms with van der Waals surface area (Å²) in [5.74, 6) is -0.480. The second kappa shape index (κ2) is 67.4. The van der Waals surface area contributed by atoms with Gasteiger partial charge in [-0.1, -0.05) is 360 Å². The number of quaternary nitrogens is 1. The van der Waals surface area contributed by atoms with Gasteiger partial charge in [0.25, 0.3) is 0 Å². The summed E-state index contributed by atoms with van der Waals surface area (Å²) in [4.78, 5) is 38.0. The highest BCUT2D eigenvalue weighted by atomic mass is 31.2. The van der Waals surface area contributed by atoms with Gasteiger partial charge in [0.1, 0.15) is 19.3 Å². The van der Waals surface area contributed by atoms with E-state index in [-0.39, 0.29) is 25.1 Å². The summed E-state index contributed by atoms with van der Waals surface area (Å²) < 4.78 is 30.9. The molecule has 0 saturated carbocycles. The molecule has 0 spiro atoms. The lowest BCUT2D eigenvalue weighted by Gasteiger charge is -2.27. The maximum atomic E-state index is 13.6. The van der Waals surface area contributed by atoms with Crippen molar-refractivity contribution in [2.45, 2.75) is 418 Å². The van der Waals surface area contributed by atoms with Crippen LogP contribution in [0.15, 0.2) is 24.3 Å². The maximum Gasteiger partial charge on any atom is 0.472 e. The molecule has 3 atom stereocenters. The van der Waals surface area contributed by atoms with Crippen LogP contribution in [0.2, 0.25) is 0 Å². The quantitative estimate of drug-likeness (QED) is 0.0205. The van der Waals surface area contributed by atoms with E-state index < -0.39 is 20.0 Å². The smallest absolute Gasteiger partial charge is 0.456 e. The zero-order valence-corrected chi connectivity index (χ0v) is 60.2. The Kier molecular flexibility index (Phi) is 66.2. The summed E-state index contributed by atoms with van der Waals surface area (Å²) in [7, 11) is 1.52. The van der Waals surface area contributed by atoms with Gasteiger partial charge in [-0.25, -0.2) is 4.57 Å². The fourth-order valence-corrected chi connectivity index (χ4v) is 12.7. The lowest BCUT2D eigenvalue weighted by Crippen LogP contribution is -2.47. The molecule has 0 aromatic carbocycles. The molecule has 9 nitrogen and oxygen atoms in total. The van der Waals surface area contributed by atoms with Gasteiger partial charge in [0.05, 0.1) is 33.8 Å². The number of ether oxygens (including phenoxy) is 1. The number of hydrogen-bond acceptors (Lipinski definition) is 6. The summed E-state index contributed by atoms with van der Waals surface area (Å²) in [5, 5.41) is 3.08. The number of nitrogens with one attached hydrogen (secondary N) is 1. The standard InChI is InChI=1S/C77H151N2O7P/c1-7-10-13-16-19-22-25-27-29-31-33-35-37-38-39-40-42-43-45-47-49-51-54-57-60-63-66-69-76(80)78-74(73-85-87(82,83)84-72-71-79(4,5)6)75(68-65-62-59-56-53-24-21-18-15-12-9-3)86-77(81)70-67-64-61-58-55-52-50-48-46-44-41-36-34-32-30-28-26-23-20-17-14-11-8-2/h28,30,65,68,74-75H,7-27,29,31-64,66-67,69-73H2,1-6H3,(H-,78,80,82,83)/p+1/b30-28+,68-65+. The molecule has 0 rings (SSSR count). The van der Waals surface area contributed by atoms with E-state index in [1.165, 1.54) is 315 Å². The summed E-state index contributed by atoms with van der Waals surface area (Å²) in [6.45, 7) is 7.08. The monoisotopic (exact) mass is 1250 g/mol. The molecule has 0 saturated heterocycles. The Balaban J connectivity index is 4.87. The van der Waals surface area contributed by atoms with Crippen molar-refractivity contribution in [3.05, 3.63) is 24.3 Å². The van der Waals surface area contributed by atoms with Crippen LogP contribution >= 0.6 is 7.82 Å². The number of allylic oxidation sites excluding steroid dienone is 3. The topological polar surface area (TPSA) is 111 Å². The fourth-order valence-electron chi connectivity index (χ4n) is 11.9. The number of phosphoric acid groups is 1. The highest BCUT2D eigenvalue weighted by Crippen LogP contribution is 2.43. The van der Waals surface area contributed by atoms with Crippen LogP contribution in [-0.4, -0.2) is 74.3 Å². The summed E-state index contributed by atoms with van der Waals surface area (Å²) in [5.41, 5.74) is 0. The number of rotatable bonds is 72. The van der Waals surface area contributed by atoms with Gasteiger partial charge in [-0.15, -0.1) is 0 Å². The van der Waals surface area contributed by atoms with Crippen molar-refractivity contribution in [2.24, 2.45) is 0 Å². The molecule has 516 valence electrons. The van der Waals surface area contributed by atoms with Crippen molar-refractivity contribution in [1.29, 1.82) is 0 Å². The van der Waals surface area contributed by atoms with E-state index in [9.17, 15) is 19.0 Å². The zero-order valence-electron chi connectivity index (χ0n) is 59.3. The minimum Gasteiger partial charge on any atom is -0.456 e. The number of unbranched alkanes of at least 4 members (excludes halogenated alkanes) is 54. The van der Waals surface area contributed by atoms with E-state index in [1.807, 2.05) is 27.2 Å². The van der Waals surface area contributed by atoms with Crippen LogP contribution in [0.4, 0.5) is 0 Å². The van der Waals surface area contributed by atoms with Gasteiger partial charge in [-0.05, 0) is 57.4 Å². The Bertz CT molecular complexity index is 1530. The molecule has 0 aliphatic rings. The summed E-state index contributed by atoms with van der Waals surface area (Å²) in [6, 6.07) is -0.844. The summed E-state index contributed by atoms with van der Waals surface area (Å²) >= 11 is 0. The largest absolute Gasteiger partial charge is 0.472 e. The first kappa shape index (κ1) is 85.5. The second-order valence-electron chi connectivity index (χ2n) is 27.9. The molecule has 1 amide bonds. The number of nitrogens with zero attached hydrogens (tertiary/aromatic N) is 1. The summed E-state index contributed by atoms with van der Waals surface area (Å²) in [6.07, 6.45) is 83.6. The number of likely N-dealkylation sites (N-methyl/N-ethyl adjacent to an activating group) is 1. The average molecular weight is 1250 g/mol. The number of carbonyl (C=O) groups excluding carboxylic acids is 2. The molecule has 0 heterocycles. The van der Waals surface area contributed by atoms with Gasteiger partial charge in [-0.3, -0.25) is 18.6 Å². The first-order valence-electron chi connectivity index (χ1n) is 38.7. The minimum atomic E-state index is -4.45. The van der Waals surface area contributed by atoms with E-state index in [1.54, 1.807) is 0 Å². The van der Waals surface area contributed by atoms with Crippen LogP contribution < -0.4 is 5.32 Å². The second-order valence-corrected chi connectivity index (χ2v) is 29.3. The normalized spacial score (nSPS) is 13.5. The Morgan fingerprint density at radius 2 is 0.667 bits per heavy atom. The highest BCUT2D eigenvalue weighted by Gasteiger charge is 2.30. The number of hydrogen-bond donors (Lipinski definition) is 2. The van der Waals surface area contributed by atoms with Crippen LogP contribution in [0, 0.1) is 0 Å². The molecule has 3 unspecified atom stereocenters. The number of carbonyl (C=O) groups is 2. The predicted molar refractivity (Wildman–Crippen MR) is 379 cm³/mol. The highest BCUT2D eigenvalue weighted by molar-refractivity contribution is 7.47. The molecular formula is C77H152N2O7P+. The molecular weight excluding hydrogens is 1100 g/mol. The van der Waals surface area contributed by atoms with Crippen molar-refractivity contribution in [2.75, 3.05) is 40.9 Å². The molecule has 0 aliphatic heterocycles. The first-order chi connectivity index (χ1) is 42.4. The predicted octanol–water partition coefficient (Wildman–Crippen LogP) is 24.8. The Morgan fingerprint density at radius 1 is 0.391 bits per heavy atom. The van der Waals surface area contributed by atoms with Gasteiger partial charge in [0, 0.05) is 12.8 Å². The van der Waals surface area contributed by atoms with Crippen LogP contribution in [0.3, 0.4) is 0 Å². The van der Waals surface area contributed by atoms with Gasteiger partial charge in [-0.2, -0.15) is 0 Å². The van der Waals surface area contributed by atoms with Crippen LogP contribution in [0.5, 0.6) is 0 Å². The average Bonchev–Trinajstić information content (AvgIpc) is 3.70. The third kappa shape index (κ3) is 68.7. The molecule has 0 aliphatic carbocycles. The number of esters is 1. The van der Waals surface area contributed by atoms with E-state index in [0.717, 1.165) is 57.8 Å². The number of amides is 1. The minimum absolute atomic E-state index is 0.0446. The lowest BCUT2D eigenvalue weighted by molar-refractivity contribution is -0.870. The first-order valence-corrected chi connectivity index (χ1v) is 40.2. The maximum absolute atomic E-state index is 13.6. The van der Waals surface area contributed by atoms with Crippen molar-refractivity contribution in [3.63, 3.8) is 0 Å². The third-order valence-corrected chi connectivity index (χ3v) is 18.9. The van der Waals surface area contributed by atoms with Gasteiger partial charge >= 0.3 is 13.8 Å². The van der Waals surface area contributed by atoms with Crippen molar-refractivity contribution in [1.82, 2.24) is 5.32 Å². The van der Waals surface area contributed by atoms with E-state index in [2.05, 4.69) is 44.3 Å². The van der Waals surface area contributed by atoms with Gasteiger partial charge in [0.15, 0.2) is 0 Å².